The number of nitrogens with zero attached hydrogens (tertiary/aromatic N) is 4. The molecule has 7 aromatic carbocycles. The second-order valence-electron chi connectivity index (χ2n) is 28.4. The van der Waals surface area contributed by atoms with E-state index in [2.05, 4.69) is 228 Å². The number of hydrogen-bond acceptors (Lipinski definition) is 5. The van der Waals surface area contributed by atoms with Crippen molar-refractivity contribution in [3.63, 3.8) is 0 Å². The van der Waals surface area contributed by atoms with Gasteiger partial charge < -0.3 is 24.4 Å². The van der Waals surface area contributed by atoms with Crippen LogP contribution < -0.4 is 31.1 Å². The van der Waals surface area contributed by atoms with Crippen molar-refractivity contribution in [2.24, 2.45) is 0 Å². The summed E-state index contributed by atoms with van der Waals surface area (Å²) in [6.07, 6.45) is 16.3. The van der Waals surface area contributed by atoms with E-state index in [1.54, 1.807) is 0 Å². The molecule has 16 rings (SSSR count). The second kappa shape index (κ2) is 16.6. The van der Waals surface area contributed by atoms with Gasteiger partial charge in [-0.15, -0.1) is 11.3 Å². The third-order valence-electron chi connectivity index (χ3n) is 22.2. The predicted molar refractivity (Wildman–Crippen MR) is 346 cm³/mol. The van der Waals surface area contributed by atoms with Crippen LogP contribution in [0.15, 0.2) is 157 Å². The van der Waals surface area contributed by atoms with Crippen molar-refractivity contribution in [2.45, 2.75) is 166 Å². The number of benzene rings is 7. The molecule has 5 atom stereocenters. The van der Waals surface area contributed by atoms with Gasteiger partial charge in [0.1, 0.15) is 5.76 Å². The van der Waals surface area contributed by atoms with Gasteiger partial charge in [0.15, 0.2) is 0 Å². The summed E-state index contributed by atoms with van der Waals surface area (Å²) in [5.41, 5.74) is 23.3. The third kappa shape index (κ3) is 6.45. The van der Waals surface area contributed by atoms with Crippen LogP contribution in [0.4, 0.5) is 39.8 Å². The van der Waals surface area contributed by atoms with Crippen molar-refractivity contribution in [3.8, 4) is 5.69 Å². The molecular formula is C74H75BN4OS. The molecule has 81 heavy (non-hydrogen) atoms. The molecule has 0 amide bonds. The van der Waals surface area contributed by atoms with E-state index in [0.717, 1.165) is 36.9 Å². The average Bonchev–Trinajstić information content (AvgIpc) is 2.52. The van der Waals surface area contributed by atoms with E-state index in [0.29, 0.717) is 5.76 Å². The Morgan fingerprint density at radius 1 is 0.543 bits per heavy atom. The average molecular weight is 1080 g/mol. The SMILES string of the molecule is CC(C)(C)c1ccc2c(c1)C1(C)CCCCC1(C)N2c1ccc2c(c1)N(c1ccccc1[C@@H]1CC=CC=C1O)c1cc(N3c4ccc(C(C)(C)C)cc4C4(C)CCCCC34C)cc3c1B2c1cccc2c4sc5ccccc5c4n-3c12. The van der Waals surface area contributed by atoms with Gasteiger partial charge in [0.2, 0.25) is 0 Å². The van der Waals surface area contributed by atoms with Crippen molar-refractivity contribution in [2.75, 3.05) is 14.7 Å². The zero-order valence-electron chi connectivity index (χ0n) is 49.1. The van der Waals surface area contributed by atoms with E-state index in [1.165, 1.54) is 142 Å². The molecule has 0 bridgehead atoms. The summed E-state index contributed by atoms with van der Waals surface area (Å²) >= 11 is 1.94. The van der Waals surface area contributed by atoms with Gasteiger partial charge in [0.25, 0.3) is 6.71 Å². The van der Waals surface area contributed by atoms with Crippen LogP contribution in [0.2, 0.25) is 0 Å². The van der Waals surface area contributed by atoms with Crippen LogP contribution in [0.3, 0.4) is 0 Å². The van der Waals surface area contributed by atoms with Crippen LogP contribution in [-0.2, 0) is 21.7 Å². The summed E-state index contributed by atoms with van der Waals surface area (Å²) in [6.45, 7) is 24.5. The number of aliphatic hydroxyl groups excluding tert-OH is 1. The van der Waals surface area contributed by atoms with E-state index in [1.807, 2.05) is 23.5 Å². The molecule has 0 spiro atoms. The highest BCUT2D eigenvalue weighted by Gasteiger charge is 2.60. The lowest BCUT2D eigenvalue weighted by Gasteiger charge is -2.51. The van der Waals surface area contributed by atoms with Gasteiger partial charge in [-0.3, -0.25) is 0 Å². The molecule has 406 valence electrons. The van der Waals surface area contributed by atoms with Gasteiger partial charge in [0.05, 0.1) is 32.5 Å². The molecule has 2 saturated carbocycles. The van der Waals surface area contributed by atoms with Gasteiger partial charge >= 0.3 is 0 Å². The van der Waals surface area contributed by atoms with Crippen LogP contribution in [0.5, 0.6) is 0 Å². The molecule has 4 unspecified atom stereocenters. The van der Waals surface area contributed by atoms with E-state index >= 15 is 0 Å². The number of thiophene rings is 1. The lowest BCUT2D eigenvalue weighted by atomic mass is 9.33. The number of anilines is 7. The van der Waals surface area contributed by atoms with Crippen molar-refractivity contribution in [1.29, 1.82) is 0 Å². The predicted octanol–water partition coefficient (Wildman–Crippen LogP) is 18.2. The highest BCUT2D eigenvalue weighted by molar-refractivity contribution is 7.26. The van der Waals surface area contributed by atoms with E-state index in [4.69, 9.17) is 0 Å². The van der Waals surface area contributed by atoms with Crippen molar-refractivity contribution >= 4 is 105 Å². The fraction of sp³-hybridized carbons (Fsp3) is 0.351. The molecule has 3 aliphatic carbocycles. The highest BCUT2D eigenvalue weighted by Crippen LogP contribution is 2.64. The number of aromatic nitrogens is 1. The smallest absolute Gasteiger partial charge is 0.252 e. The Bertz CT molecular complexity index is 4280. The molecular weight excluding hydrogens is 1000 g/mol. The Labute approximate surface area is 483 Å². The van der Waals surface area contributed by atoms with Crippen LogP contribution in [0, 0.1) is 0 Å². The van der Waals surface area contributed by atoms with Crippen molar-refractivity contribution in [1.82, 2.24) is 4.57 Å². The van der Waals surface area contributed by atoms with Gasteiger partial charge in [-0.05, 0) is 156 Å². The zero-order chi connectivity index (χ0) is 55.5. The van der Waals surface area contributed by atoms with Crippen LogP contribution in [0.1, 0.15) is 161 Å². The number of hydrogen-bond donors (Lipinski definition) is 1. The maximum Gasteiger partial charge on any atom is 0.252 e. The molecule has 2 fully saturated rings. The van der Waals surface area contributed by atoms with Crippen molar-refractivity contribution in [3.05, 3.63) is 185 Å². The first-order valence-electron chi connectivity index (χ1n) is 30.5. The third-order valence-corrected chi connectivity index (χ3v) is 23.4. The first-order valence-corrected chi connectivity index (χ1v) is 31.3. The van der Waals surface area contributed by atoms with Gasteiger partial charge in [-0.25, -0.2) is 0 Å². The molecule has 5 nitrogen and oxygen atoms in total. The standard InChI is InChI=1S/C74H75BN4OS/c1-69(2,3)45-30-34-58-53(40-45)71(7)36-17-19-38-73(71,9)78(58)47-32-33-55-60(42-47)76(57-27-14-11-22-49(57)50-23-12-15-28-63(50)80)61-43-48(79-59-35-31-46(70(4,5)6)41-54(59)72(8)37-18-20-39-74(72,79)10)44-62-65(61)75(55)56-26-21-25-52-66(56)77(62)67-51-24-13-16-29-64(51)81-68(52)67/h11-16,21-22,24-35,40-44,50,80H,17-20,23,36-39H2,1-10H3/t50-,71?,72?,73?,74?/m0/s1. The summed E-state index contributed by atoms with van der Waals surface area (Å²) in [7, 11) is 0. The Balaban J connectivity index is 1.03. The number of allylic oxidation sites excluding steroid dienone is 4. The maximum absolute atomic E-state index is 12.0. The molecule has 9 aromatic rings. The largest absolute Gasteiger partial charge is 0.512 e. The highest BCUT2D eigenvalue weighted by atomic mass is 32.1. The number of fused-ring (bicyclic) bond motifs is 15. The van der Waals surface area contributed by atoms with Gasteiger partial charge in [0, 0.05) is 72.0 Å². The number of rotatable bonds is 4. The normalized spacial score (nSPS) is 25.3. The van der Waals surface area contributed by atoms with Crippen LogP contribution in [0.25, 0.3) is 36.9 Å². The topological polar surface area (TPSA) is 34.9 Å². The first kappa shape index (κ1) is 49.8. The fourth-order valence-electron chi connectivity index (χ4n) is 17.5. The first-order chi connectivity index (χ1) is 38.8. The minimum absolute atomic E-state index is 0.0220. The quantitative estimate of drug-likeness (QED) is 0.178. The number of aliphatic hydroxyl groups is 1. The minimum atomic E-state index is -0.190. The van der Waals surface area contributed by atoms with E-state index in [-0.39, 0.29) is 45.4 Å². The second-order valence-corrected chi connectivity index (χ2v) is 29.4. The summed E-state index contributed by atoms with van der Waals surface area (Å²) in [6, 6.07) is 53.2. The molecule has 0 saturated heterocycles. The molecule has 7 aliphatic rings. The molecule has 7 heteroatoms. The minimum Gasteiger partial charge on any atom is -0.512 e. The Kier molecular flexibility index (Phi) is 10.2. The Morgan fingerprint density at radius 2 is 1.15 bits per heavy atom. The van der Waals surface area contributed by atoms with E-state index < -0.39 is 0 Å². The molecule has 6 heterocycles. The fourth-order valence-corrected chi connectivity index (χ4v) is 18.7. The van der Waals surface area contributed by atoms with E-state index in [9.17, 15) is 5.11 Å². The lowest BCUT2D eigenvalue weighted by molar-refractivity contribution is 0.195. The molecule has 2 aromatic heterocycles. The summed E-state index contributed by atoms with van der Waals surface area (Å²) in [4.78, 5) is 8.30. The summed E-state index contributed by atoms with van der Waals surface area (Å²) < 4.78 is 5.39. The summed E-state index contributed by atoms with van der Waals surface area (Å²) in [5.74, 6) is 0.227. The zero-order valence-corrected chi connectivity index (χ0v) is 49.9. The molecule has 0 radical (unpaired) electrons. The van der Waals surface area contributed by atoms with Gasteiger partial charge in [-0.1, -0.05) is 178 Å². The maximum atomic E-state index is 12.0. The number of para-hydroxylation sites is 2. The van der Waals surface area contributed by atoms with Crippen molar-refractivity contribution < 1.29 is 5.11 Å². The monoisotopic (exact) mass is 1080 g/mol. The lowest BCUT2D eigenvalue weighted by Crippen LogP contribution is -2.61. The molecule has 1 N–H and O–H groups in total. The molecule has 4 aliphatic heterocycles. The van der Waals surface area contributed by atoms with Gasteiger partial charge in [-0.2, -0.15) is 0 Å². The summed E-state index contributed by atoms with van der Waals surface area (Å²) in [5, 5.41) is 14.7. The van der Waals surface area contributed by atoms with Crippen LogP contribution in [-0.4, -0.2) is 27.5 Å². The van der Waals surface area contributed by atoms with Crippen LogP contribution >= 0.6 is 11.3 Å². The Hall–Kier alpha value is -6.96. The Morgan fingerprint density at radius 3 is 1.83 bits per heavy atom.